The van der Waals surface area contributed by atoms with Crippen LogP contribution in [0.25, 0.3) is 22.3 Å². The van der Waals surface area contributed by atoms with Crippen molar-refractivity contribution in [1.82, 2.24) is 0 Å². The second-order valence-electron chi connectivity index (χ2n) is 12.9. The molecule has 49 heavy (non-hydrogen) atoms. The van der Waals surface area contributed by atoms with Crippen molar-refractivity contribution >= 4 is 0 Å². The van der Waals surface area contributed by atoms with Gasteiger partial charge in [0.2, 0.25) is 0 Å². The number of phenols is 5. The van der Waals surface area contributed by atoms with Gasteiger partial charge in [-0.15, -0.1) is 0 Å². The molecule has 0 atom stereocenters. The van der Waals surface area contributed by atoms with E-state index in [4.69, 9.17) is 0 Å². The van der Waals surface area contributed by atoms with Crippen LogP contribution in [0.2, 0.25) is 0 Å². The number of rotatable bonds is 4. The molecule has 0 spiro atoms. The summed E-state index contributed by atoms with van der Waals surface area (Å²) in [7, 11) is 0. The highest BCUT2D eigenvalue weighted by Crippen LogP contribution is 2.63. The predicted octanol–water partition coefficient (Wildman–Crippen LogP) is 8.94. The molecule has 5 heteroatoms. The number of fused-ring (bicyclic) bond motifs is 6. The van der Waals surface area contributed by atoms with Crippen LogP contribution >= 0.6 is 0 Å². The second kappa shape index (κ2) is 10.3. The highest BCUT2D eigenvalue weighted by molar-refractivity contribution is 5.95. The lowest BCUT2D eigenvalue weighted by Gasteiger charge is -2.37. The summed E-state index contributed by atoms with van der Waals surface area (Å²) < 4.78 is 0. The van der Waals surface area contributed by atoms with Gasteiger partial charge < -0.3 is 25.5 Å². The molecule has 7 aromatic rings. The van der Waals surface area contributed by atoms with Crippen LogP contribution in [0, 0.1) is 0 Å². The summed E-state index contributed by atoms with van der Waals surface area (Å²) in [5.74, 6) is 0.746. The van der Waals surface area contributed by atoms with E-state index in [0.29, 0.717) is 0 Å². The summed E-state index contributed by atoms with van der Waals surface area (Å²) >= 11 is 0. The minimum atomic E-state index is -0.940. The molecule has 5 nitrogen and oxygen atoms in total. The topological polar surface area (TPSA) is 101 Å². The van der Waals surface area contributed by atoms with Gasteiger partial charge in [-0.25, -0.2) is 0 Å². The number of hydrogen-bond donors (Lipinski definition) is 5. The molecule has 236 valence electrons. The molecule has 2 aliphatic rings. The number of hydrogen-bond acceptors (Lipinski definition) is 5. The van der Waals surface area contributed by atoms with Crippen LogP contribution in [0.5, 0.6) is 28.7 Å². The van der Waals surface area contributed by atoms with Crippen molar-refractivity contribution in [3.8, 4) is 51.0 Å². The van der Waals surface area contributed by atoms with Gasteiger partial charge in [-0.05, 0) is 133 Å². The molecule has 0 aromatic heterocycles. The molecular formula is C44H30O5. The molecule has 0 unspecified atom stereocenters. The molecule has 2 aliphatic carbocycles. The van der Waals surface area contributed by atoms with Crippen LogP contribution in [0.1, 0.15) is 44.5 Å². The predicted molar refractivity (Wildman–Crippen MR) is 189 cm³/mol. The maximum absolute atomic E-state index is 11.0. The van der Waals surface area contributed by atoms with Crippen LogP contribution in [-0.4, -0.2) is 25.5 Å². The molecule has 7 aromatic carbocycles. The van der Waals surface area contributed by atoms with Crippen molar-refractivity contribution in [2.75, 3.05) is 0 Å². The zero-order valence-corrected chi connectivity index (χ0v) is 26.2. The van der Waals surface area contributed by atoms with E-state index < -0.39 is 10.8 Å². The van der Waals surface area contributed by atoms with E-state index in [1.165, 1.54) is 0 Å². The van der Waals surface area contributed by atoms with E-state index >= 15 is 0 Å². The Bertz CT molecular complexity index is 2320. The Kier molecular flexibility index (Phi) is 6.02. The van der Waals surface area contributed by atoms with Crippen LogP contribution < -0.4 is 0 Å². The summed E-state index contributed by atoms with van der Waals surface area (Å²) in [4.78, 5) is 0. The van der Waals surface area contributed by atoms with Crippen LogP contribution in [-0.2, 0) is 10.8 Å². The highest BCUT2D eigenvalue weighted by Gasteiger charge is 2.51. The van der Waals surface area contributed by atoms with Gasteiger partial charge in [0.25, 0.3) is 0 Å². The third-order valence-corrected chi connectivity index (χ3v) is 10.5. The number of benzene rings is 7. The first-order valence-electron chi connectivity index (χ1n) is 16.1. The Morgan fingerprint density at radius 2 is 0.612 bits per heavy atom. The summed E-state index contributed by atoms with van der Waals surface area (Å²) in [6.45, 7) is 0. The molecule has 0 fully saturated rings. The molecule has 5 N–H and O–H groups in total. The van der Waals surface area contributed by atoms with E-state index in [-0.39, 0.29) is 28.7 Å². The third-order valence-electron chi connectivity index (χ3n) is 10.5. The van der Waals surface area contributed by atoms with Crippen LogP contribution in [0.15, 0.2) is 152 Å². The fourth-order valence-electron chi connectivity index (χ4n) is 8.50. The lowest BCUT2D eigenvalue weighted by molar-refractivity contribution is 0.472. The quantitative estimate of drug-likeness (QED) is 0.133. The normalized spacial score (nSPS) is 14.4. The van der Waals surface area contributed by atoms with Crippen molar-refractivity contribution < 1.29 is 25.5 Å². The summed E-state index contributed by atoms with van der Waals surface area (Å²) in [5.41, 5.74) is 10.0. The van der Waals surface area contributed by atoms with Gasteiger partial charge >= 0.3 is 0 Å². The Hall–Kier alpha value is -6.46. The number of aromatic hydroxyl groups is 5. The van der Waals surface area contributed by atoms with Crippen molar-refractivity contribution in [3.05, 3.63) is 196 Å². The van der Waals surface area contributed by atoms with Crippen molar-refractivity contribution in [3.63, 3.8) is 0 Å². The first kappa shape index (κ1) is 28.7. The molecule has 0 aliphatic heterocycles. The average Bonchev–Trinajstić information content (AvgIpc) is 3.56. The largest absolute Gasteiger partial charge is 0.508 e. The van der Waals surface area contributed by atoms with Gasteiger partial charge in [-0.1, -0.05) is 84.9 Å². The molecule has 0 saturated carbocycles. The molecular weight excluding hydrogens is 608 g/mol. The first-order valence-corrected chi connectivity index (χ1v) is 16.1. The standard InChI is InChI=1S/C44H30O5/c45-30-13-5-26(6-14-30)43(27-7-15-31(46)16-8-27)39-4-2-1-3-35(39)37-24-38-36-22-21-34(49)23-40(36)44(42(38)25-41(37)43,28-9-17-32(47)18-10-28)29-11-19-33(48)20-12-29/h1-25,45-49H. The smallest absolute Gasteiger partial charge is 0.115 e. The van der Waals surface area contributed by atoms with Gasteiger partial charge in [0.05, 0.1) is 10.8 Å². The summed E-state index contributed by atoms with van der Waals surface area (Å²) in [6, 6.07) is 47.5. The lowest BCUT2D eigenvalue weighted by Crippen LogP contribution is -2.31. The maximum Gasteiger partial charge on any atom is 0.115 e. The minimum Gasteiger partial charge on any atom is -0.508 e. The summed E-state index contributed by atoms with van der Waals surface area (Å²) in [6.07, 6.45) is 0. The molecule has 0 saturated heterocycles. The lowest BCUT2D eigenvalue weighted by atomic mass is 9.64. The van der Waals surface area contributed by atoms with Gasteiger partial charge in [-0.2, -0.15) is 0 Å². The van der Waals surface area contributed by atoms with Crippen molar-refractivity contribution in [2.45, 2.75) is 10.8 Å². The van der Waals surface area contributed by atoms with Crippen molar-refractivity contribution in [2.24, 2.45) is 0 Å². The SMILES string of the molecule is Oc1ccc(C2(c3ccc(O)cc3)c3ccccc3-c3cc4c(cc32)C(c2ccc(O)cc2)(c2ccc(O)cc2)c2cc(O)ccc2-4)cc1. The minimum absolute atomic E-state index is 0.133. The molecule has 0 amide bonds. The molecule has 0 heterocycles. The van der Waals surface area contributed by atoms with Gasteiger partial charge in [0.1, 0.15) is 28.7 Å². The Morgan fingerprint density at radius 1 is 0.265 bits per heavy atom. The summed E-state index contributed by atoms with van der Waals surface area (Å²) in [5, 5.41) is 52.6. The molecule has 0 radical (unpaired) electrons. The maximum atomic E-state index is 11.0. The monoisotopic (exact) mass is 638 g/mol. The van der Waals surface area contributed by atoms with Crippen LogP contribution in [0.4, 0.5) is 0 Å². The van der Waals surface area contributed by atoms with E-state index in [9.17, 15) is 25.5 Å². The van der Waals surface area contributed by atoms with E-state index in [0.717, 1.165) is 66.8 Å². The van der Waals surface area contributed by atoms with Gasteiger partial charge in [0, 0.05) is 0 Å². The zero-order chi connectivity index (χ0) is 33.5. The first-order chi connectivity index (χ1) is 23.8. The Morgan fingerprint density at radius 3 is 1.06 bits per heavy atom. The van der Waals surface area contributed by atoms with Crippen LogP contribution in [0.3, 0.4) is 0 Å². The van der Waals surface area contributed by atoms with E-state index in [2.05, 4.69) is 24.3 Å². The average molecular weight is 639 g/mol. The highest BCUT2D eigenvalue weighted by atomic mass is 16.3. The van der Waals surface area contributed by atoms with Gasteiger partial charge in [0.15, 0.2) is 0 Å². The van der Waals surface area contributed by atoms with E-state index in [1.54, 1.807) is 54.6 Å². The fraction of sp³-hybridized carbons (Fsp3) is 0.0455. The Labute approximate surface area is 282 Å². The second-order valence-corrected chi connectivity index (χ2v) is 12.9. The fourth-order valence-corrected chi connectivity index (χ4v) is 8.50. The third kappa shape index (κ3) is 3.87. The van der Waals surface area contributed by atoms with Crippen molar-refractivity contribution in [1.29, 1.82) is 0 Å². The molecule has 9 rings (SSSR count). The number of phenolic OH excluding ortho intramolecular Hbond substituents is 5. The zero-order valence-electron chi connectivity index (χ0n) is 26.2. The molecule has 0 bridgehead atoms. The Balaban J connectivity index is 1.47. The van der Waals surface area contributed by atoms with E-state index in [1.807, 2.05) is 72.8 Å². The van der Waals surface area contributed by atoms with Gasteiger partial charge in [-0.3, -0.25) is 0 Å².